The molecule has 126 valence electrons. The average Bonchev–Trinajstić information content (AvgIpc) is 2.70. The highest BCUT2D eigenvalue weighted by molar-refractivity contribution is 7.38. The van der Waals surface area contributed by atoms with Gasteiger partial charge in [0, 0.05) is 0 Å². The van der Waals surface area contributed by atoms with Gasteiger partial charge in [0.1, 0.15) is 0 Å². The molecular formula is C24H20P2. The van der Waals surface area contributed by atoms with Crippen molar-refractivity contribution in [3.63, 3.8) is 0 Å². The number of rotatable bonds is 2. The number of hydrogen-bond acceptors (Lipinski definition) is 0. The van der Waals surface area contributed by atoms with Crippen LogP contribution in [0.25, 0.3) is 0 Å². The highest BCUT2D eigenvalue weighted by Gasteiger charge is 2.56. The molecule has 0 amide bonds. The molecule has 3 aliphatic carbocycles. The van der Waals surface area contributed by atoms with Gasteiger partial charge in [0.25, 0.3) is 0 Å². The van der Waals surface area contributed by atoms with Crippen molar-refractivity contribution < 1.29 is 0 Å². The molecule has 0 nitrogen and oxygen atoms in total. The molecule has 0 saturated carbocycles. The van der Waals surface area contributed by atoms with E-state index in [4.69, 9.17) is 0 Å². The van der Waals surface area contributed by atoms with E-state index in [0.29, 0.717) is 0 Å². The maximum absolute atomic E-state index is 2.50. The van der Waals surface area contributed by atoms with E-state index in [0.717, 1.165) is 0 Å². The summed E-state index contributed by atoms with van der Waals surface area (Å²) in [6.45, 7) is 4.46. The van der Waals surface area contributed by atoms with Crippen LogP contribution in [0.3, 0.4) is 0 Å². The first-order valence-corrected chi connectivity index (χ1v) is 11.8. The molecule has 0 radical (unpaired) electrons. The van der Waals surface area contributed by atoms with Crippen molar-refractivity contribution in [2.45, 2.75) is 10.8 Å². The molecule has 2 bridgehead atoms. The van der Waals surface area contributed by atoms with Crippen LogP contribution >= 0.6 is 16.4 Å². The Morgan fingerprint density at radius 2 is 0.731 bits per heavy atom. The first-order chi connectivity index (χ1) is 12.8. The van der Waals surface area contributed by atoms with E-state index in [1.807, 2.05) is 0 Å². The minimum atomic E-state index is -0.152. The Bertz CT molecular complexity index is 871. The quantitative estimate of drug-likeness (QED) is 0.505. The van der Waals surface area contributed by atoms with Gasteiger partial charge >= 0.3 is 0 Å². The molecule has 0 aromatic heterocycles. The Labute approximate surface area is 158 Å². The van der Waals surface area contributed by atoms with E-state index in [-0.39, 0.29) is 10.8 Å². The van der Waals surface area contributed by atoms with Crippen LogP contribution in [0.15, 0.2) is 72.8 Å². The van der Waals surface area contributed by atoms with Gasteiger partial charge in [-0.1, -0.05) is 72.8 Å². The lowest BCUT2D eigenvalue weighted by Gasteiger charge is -2.54. The second-order valence-electron chi connectivity index (χ2n) is 7.03. The summed E-state index contributed by atoms with van der Waals surface area (Å²) in [5.41, 5.74) is 8.40. The van der Waals surface area contributed by atoms with Gasteiger partial charge in [0.2, 0.25) is 0 Å². The zero-order valence-corrected chi connectivity index (χ0v) is 16.8. The molecule has 0 spiro atoms. The summed E-state index contributed by atoms with van der Waals surface area (Å²) in [5.74, 6) is 4.99. The largest absolute Gasteiger partial charge is 0.111 e. The average molecular weight is 370 g/mol. The fourth-order valence-corrected chi connectivity index (χ4v) is 6.80. The summed E-state index contributed by atoms with van der Waals surface area (Å²) < 4.78 is 0. The van der Waals surface area contributed by atoms with Crippen molar-refractivity contribution in [1.82, 2.24) is 0 Å². The second-order valence-corrected chi connectivity index (χ2v) is 8.58. The topological polar surface area (TPSA) is 0 Å². The molecule has 26 heavy (non-hydrogen) atoms. The lowest BCUT2D eigenvalue weighted by atomic mass is 9.48. The predicted octanol–water partition coefficient (Wildman–Crippen LogP) is 5.74. The molecule has 6 rings (SSSR count). The summed E-state index contributed by atoms with van der Waals surface area (Å²) in [6.07, 6.45) is 0. The maximum atomic E-state index is 2.50. The van der Waals surface area contributed by atoms with Gasteiger partial charge in [0.05, 0.1) is 10.8 Å². The monoisotopic (exact) mass is 370 g/mol. The molecule has 0 N–H and O–H groups in total. The van der Waals surface area contributed by atoms with Crippen molar-refractivity contribution in [1.29, 1.82) is 0 Å². The van der Waals surface area contributed by atoms with Crippen LogP contribution in [0.1, 0.15) is 33.4 Å². The SMILES string of the molecule is CP=CC12c3ccccc3C(C=PC)(c3ccccc31)c1ccccc12. The zero-order chi connectivity index (χ0) is 17.8. The van der Waals surface area contributed by atoms with E-state index in [1.165, 1.54) is 49.8 Å². The van der Waals surface area contributed by atoms with Gasteiger partial charge in [-0.15, -0.1) is 16.4 Å². The van der Waals surface area contributed by atoms with Crippen LogP contribution in [0, 0.1) is 0 Å². The second kappa shape index (κ2) is 5.75. The molecule has 0 heterocycles. The minimum Gasteiger partial charge on any atom is -0.111 e. The molecule has 3 aromatic carbocycles. The molecule has 2 heteroatoms. The Hall–Kier alpha value is -2.00. The lowest BCUT2D eigenvalue weighted by molar-refractivity contribution is 0.645. The van der Waals surface area contributed by atoms with E-state index in [2.05, 4.69) is 97.7 Å². The van der Waals surface area contributed by atoms with Gasteiger partial charge < -0.3 is 0 Å². The molecule has 0 aliphatic heterocycles. The molecular weight excluding hydrogens is 350 g/mol. The lowest BCUT2D eigenvalue weighted by Crippen LogP contribution is -2.52. The summed E-state index contributed by atoms with van der Waals surface area (Å²) >= 11 is 0. The Morgan fingerprint density at radius 3 is 0.923 bits per heavy atom. The smallest absolute Gasteiger partial charge is 0.0683 e. The van der Waals surface area contributed by atoms with Crippen molar-refractivity contribution in [3.05, 3.63) is 106 Å². The van der Waals surface area contributed by atoms with Gasteiger partial charge in [0.15, 0.2) is 0 Å². The normalized spacial score (nSPS) is 25.3. The van der Waals surface area contributed by atoms with Crippen LogP contribution in [0.2, 0.25) is 0 Å². The van der Waals surface area contributed by atoms with Crippen molar-refractivity contribution in [2.75, 3.05) is 13.3 Å². The molecule has 0 fully saturated rings. The zero-order valence-electron chi connectivity index (χ0n) is 15.0. The first kappa shape index (κ1) is 16.2. The molecule has 0 unspecified atom stereocenters. The van der Waals surface area contributed by atoms with Crippen LogP contribution < -0.4 is 0 Å². The third-order valence-electron chi connectivity index (χ3n) is 5.98. The molecule has 3 aromatic rings. The van der Waals surface area contributed by atoms with Crippen LogP contribution in [0.4, 0.5) is 0 Å². The van der Waals surface area contributed by atoms with Gasteiger partial charge in [-0.2, -0.15) is 0 Å². The molecule has 3 aliphatic rings. The number of benzene rings is 3. The van der Waals surface area contributed by atoms with Crippen LogP contribution in [-0.2, 0) is 10.8 Å². The summed E-state index contributed by atoms with van der Waals surface area (Å²) in [6, 6.07) is 27.3. The van der Waals surface area contributed by atoms with E-state index in [1.54, 1.807) is 0 Å². The van der Waals surface area contributed by atoms with Crippen molar-refractivity contribution in [2.24, 2.45) is 0 Å². The maximum Gasteiger partial charge on any atom is 0.0683 e. The summed E-state index contributed by atoms with van der Waals surface area (Å²) in [4.78, 5) is 0. The van der Waals surface area contributed by atoms with Crippen molar-refractivity contribution >= 4 is 28.0 Å². The van der Waals surface area contributed by atoms with Gasteiger partial charge in [-0.05, 0) is 58.3 Å². The minimum absolute atomic E-state index is 0.152. The van der Waals surface area contributed by atoms with Crippen LogP contribution in [-0.4, -0.2) is 24.9 Å². The predicted molar refractivity (Wildman–Crippen MR) is 117 cm³/mol. The summed E-state index contributed by atoms with van der Waals surface area (Å²) in [5, 5.41) is 0. The van der Waals surface area contributed by atoms with E-state index in [9.17, 15) is 0 Å². The fraction of sp³-hybridized carbons (Fsp3) is 0.167. The highest BCUT2D eigenvalue weighted by Crippen LogP contribution is 2.61. The van der Waals surface area contributed by atoms with Gasteiger partial charge in [-0.25, -0.2) is 0 Å². The summed E-state index contributed by atoms with van der Waals surface area (Å²) in [7, 11) is 2.60. The Balaban J connectivity index is 2.08. The van der Waals surface area contributed by atoms with Crippen molar-refractivity contribution in [3.8, 4) is 0 Å². The third kappa shape index (κ3) is 1.72. The highest BCUT2D eigenvalue weighted by atomic mass is 31.1. The Morgan fingerprint density at radius 1 is 0.500 bits per heavy atom. The Kier molecular flexibility index (Phi) is 3.58. The molecule has 0 atom stereocenters. The van der Waals surface area contributed by atoms with E-state index < -0.39 is 0 Å². The fourth-order valence-electron chi connectivity index (χ4n) is 5.19. The molecule has 0 saturated heterocycles. The number of hydrogen-bond donors (Lipinski definition) is 0. The third-order valence-corrected chi connectivity index (χ3v) is 7.27. The standard InChI is InChI=1S/C24H20P2/c1-25-15-23-17-9-3-6-12-20(17)24(16-26-2,21-13-7-4-10-18(21)23)22-14-8-5-11-19(22)23/h3-16H,1-2H3. The van der Waals surface area contributed by atoms with E-state index >= 15 is 0 Å². The van der Waals surface area contributed by atoms with Crippen LogP contribution in [0.5, 0.6) is 0 Å². The van der Waals surface area contributed by atoms with Gasteiger partial charge in [-0.3, -0.25) is 0 Å². The first-order valence-electron chi connectivity index (χ1n) is 8.97.